The van der Waals surface area contributed by atoms with Crippen LogP contribution >= 0.6 is 12.4 Å². The average molecular weight is 327 g/mol. The molecule has 0 spiro atoms. The van der Waals surface area contributed by atoms with Gasteiger partial charge in [-0.1, -0.05) is 19.3 Å². The molecule has 22 heavy (non-hydrogen) atoms. The van der Waals surface area contributed by atoms with Crippen LogP contribution in [0.15, 0.2) is 24.3 Å². The molecule has 0 radical (unpaired) electrons. The molecule has 1 aliphatic carbocycles. The van der Waals surface area contributed by atoms with Crippen LogP contribution in [0.25, 0.3) is 0 Å². The molecule has 1 aliphatic rings. The second-order valence-corrected chi connectivity index (χ2v) is 6.49. The van der Waals surface area contributed by atoms with Gasteiger partial charge in [0, 0.05) is 18.3 Å². The van der Waals surface area contributed by atoms with Gasteiger partial charge in [-0.3, -0.25) is 0 Å². The van der Waals surface area contributed by atoms with Crippen molar-refractivity contribution in [2.75, 3.05) is 12.3 Å². The molecule has 0 aromatic heterocycles. The van der Waals surface area contributed by atoms with Crippen molar-refractivity contribution in [1.82, 2.24) is 5.32 Å². The van der Waals surface area contributed by atoms with E-state index in [4.69, 9.17) is 10.5 Å². The quantitative estimate of drug-likeness (QED) is 0.641. The van der Waals surface area contributed by atoms with E-state index in [9.17, 15) is 4.79 Å². The van der Waals surface area contributed by atoms with Crippen LogP contribution in [0, 0.1) is 0 Å². The number of ether oxygens (including phenoxy) is 1. The Kier molecular flexibility index (Phi) is 7.17. The van der Waals surface area contributed by atoms with Crippen molar-refractivity contribution in [3.63, 3.8) is 0 Å². The number of carbonyl (C=O) groups excluding carboxylic acids is 1. The smallest absolute Gasteiger partial charge is 0.338 e. The minimum Gasteiger partial charge on any atom is -0.455 e. The second-order valence-electron chi connectivity index (χ2n) is 6.49. The molecule has 0 aliphatic heterocycles. The maximum Gasteiger partial charge on any atom is 0.338 e. The predicted octanol–water partition coefficient (Wildman–Crippen LogP) is 3.55. The summed E-state index contributed by atoms with van der Waals surface area (Å²) in [5.74, 6) is -0.301. The Labute approximate surface area is 139 Å². The maximum atomic E-state index is 12.1. The number of halogens is 1. The van der Waals surface area contributed by atoms with Gasteiger partial charge in [-0.05, 0) is 51.0 Å². The number of esters is 1. The lowest BCUT2D eigenvalue weighted by molar-refractivity contribution is -0.00192. The number of anilines is 1. The van der Waals surface area contributed by atoms with Crippen molar-refractivity contribution in [3.8, 4) is 0 Å². The molecule has 1 fully saturated rings. The van der Waals surface area contributed by atoms with Crippen LogP contribution in [0.4, 0.5) is 5.69 Å². The van der Waals surface area contributed by atoms with Crippen molar-refractivity contribution in [1.29, 1.82) is 0 Å². The summed E-state index contributed by atoms with van der Waals surface area (Å²) < 4.78 is 5.61. The number of benzene rings is 1. The molecule has 2 rings (SSSR count). The van der Waals surface area contributed by atoms with Crippen molar-refractivity contribution >= 4 is 24.1 Å². The summed E-state index contributed by atoms with van der Waals surface area (Å²) in [7, 11) is 0. The normalized spacial score (nSPS) is 15.9. The van der Waals surface area contributed by atoms with Crippen molar-refractivity contribution in [2.24, 2.45) is 0 Å². The molecule has 0 saturated heterocycles. The maximum absolute atomic E-state index is 12.1. The number of hydrogen-bond acceptors (Lipinski definition) is 4. The van der Waals surface area contributed by atoms with E-state index in [0.717, 1.165) is 0 Å². The van der Waals surface area contributed by atoms with E-state index in [1.807, 2.05) is 13.8 Å². The fourth-order valence-corrected chi connectivity index (χ4v) is 2.66. The van der Waals surface area contributed by atoms with Crippen LogP contribution in [0.1, 0.15) is 56.3 Å². The van der Waals surface area contributed by atoms with Gasteiger partial charge in [-0.2, -0.15) is 0 Å². The Morgan fingerprint density at radius 1 is 1.23 bits per heavy atom. The summed E-state index contributed by atoms with van der Waals surface area (Å²) in [5, 5.41) is 3.53. The van der Waals surface area contributed by atoms with E-state index < -0.39 is 5.60 Å². The minimum atomic E-state index is -0.518. The van der Waals surface area contributed by atoms with E-state index in [0.29, 0.717) is 23.8 Å². The Hall–Kier alpha value is -1.26. The van der Waals surface area contributed by atoms with Crippen molar-refractivity contribution in [2.45, 2.75) is 57.6 Å². The molecule has 5 heteroatoms. The van der Waals surface area contributed by atoms with E-state index in [1.165, 1.54) is 32.1 Å². The van der Waals surface area contributed by atoms with Crippen LogP contribution in [0.2, 0.25) is 0 Å². The summed E-state index contributed by atoms with van der Waals surface area (Å²) in [6.45, 7) is 4.56. The van der Waals surface area contributed by atoms with E-state index >= 15 is 0 Å². The zero-order valence-electron chi connectivity index (χ0n) is 13.4. The molecule has 3 N–H and O–H groups in total. The number of nitrogens with two attached hydrogens (primary N) is 1. The van der Waals surface area contributed by atoms with Gasteiger partial charge in [0.25, 0.3) is 0 Å². The Morgan fingerprint density at radius 3 is 2.41 bits per heavy atom. The highest BCUT2D eigenvalue weighted by atomic mass is 35.5. The Morgan fingerprint density at radius 2 is 1.82 bits per heavy atom. The number of hydrogen-bond donors (Lipinski definition) is 2. The molecule has 1 aromatic carbocycles. The lowest BCUT2D eigenvalue weighted by atomic mass is 9.95. The Bertz CT molecular complexity index is 468. The van der Waals surface area contributed by atoms with E-state index in [-0.39, 0.29) is 18.4 Å². The predicted molar refractivity (Wildman–Crippen MR) is 92.5 cm³/mol. The highest BCUT2D eigenvalue weighted by molar-refractivity contribution is 5.90. The number of nitrogen functional groups attached to an aromatic ring is 1. The van der Waals surface area contributed by atoms with Gasteiger partial charge in [0.05, 0.1) is 5.56 Å². The lowest BCUT2D eigenvalue weighted by Crippen LogP contribution is -2.44. The number of carbonyl (C=O) groups is 1. The number of rotatable bonds is 5. The first-order chi connectivity index (χ1) is 9.96. The summed E-state index contributed by atoms with van der Waals surface area (Å²) in [4.78, 5) is 12.1. The van der Waals surface area contributed by atoms with Crippen LogP contribution in [-0.2, 0) is 4.74 Å². The lowest BCUT2D eigenvalue weighted by Gasteiger charge is -2.30. The van der Waals surface area contributed by atoms with Crippen LogP contribution < -0.4 is 11.1 Å². The standard InChI is InChI=1S/C17H26N2O2.ClH/c1-17(2,12-19-15-6-4-3-5-7-15)21-16(20)13-8-10-14(18)11-9-13;/h8-11,15,19H,3-7,12,18H2,1-2H3;1H. The van der Waals surface area contributed by atoms with Gasteiger partial charge in [-0.25, -0.2) is 4.79 Å². The zero-order valence-corrected chi connectivity index (χ0v) is 14.2. The molecule has 4 nitrogen and oxygen atoms in total. The first kappa shape index (κ1) is 18.8. The molecule has 0 atom stereocenters. The summed E-state index contributed by atoms with van der Waals surface area (Å²) in [5.41, 5.74) is 6.28. The van der Waals surface area contributed by atoms with Gasteiger partial charge in [0.1, 0.15) is 5.60 Å². The summed E-state index contributed by atoms with van der Waals surface area (Å²) in [6, 6.07) is 7.38. The van der Waals surface area contributed by atoms with Crippen LogP contribution in [0.3, 0.4) is 0 Å². The molecule has 1 aromatic rings. The first-order valence-electron chi connectivity index (χ1n) is 7.78. The molecule has 0 heterocycles. The summed E-state index contributed by atoms with van der Waals surface area (Å²) in [6.07, 6.45) is 6.38. The molecule has 0 amide bonds. The monoisotopic (exact) mass is 326 g/mol. The third kappa shape index (κ3) is 5.85. The molecule has 124 valence electrons. The minimum absolute atomic E-state index is 0. The van der Waals surface area contributed by atoms with Crippen LogP contribution in [-0.4, -0.2) is 24.2 Å². The van der Waals surface area contributed by atoms with Crippen molar-refractivity contribution in [3.05, 3.63) is 29.8 Å². The summed E-state index contributed by atoms with van der Waals surface area (Å²) >= 11 is 0. The van der Waals surface area contributed by atoms with E-state index in [2.05, 4.69) is 5.32 Å². The second kappa shape index (κ2) is 8.39. The third-order valence-corrected chi connectivity index (χ3v) is 3.94. The highest BCUT2D eigenvalue weighted by Gasteiger charge is 2.25. The topological polar surface area (TPSA) is 64.3 Å². The zero-order chi connectivity index (χ0) is 15.3. The fraction of sp³-hybridized carbons (Fsp3) is 0.588. The van der Waals surface area contributed by atoms with Gasteiger partial charge in [0.15, 0.2) is 0 Å². The van der Waals surface area contributed by atoms with Crippen LogP contribution in [0.5, 0.6) is 0 Å². The van der Waals surface area contributed by atoms with Gasteiger partial charge < -0.3 is 15.8 Å². The highest BCUT2D eigenvalue weighted by Crippen LogP contribution is 2.19. The van der Waals surface area contributed by atoms with E-state index in [1.54, 1.807) is 24.3 Å². The largest absolute Gasteiger partial charge is 0.455 e. The molecule has 0 bridgehead atoms. The average Bonchev–Trinajstić information content (AvgIpc) is 2.46. The SMILES string of the molecule is CC(C)(CNC1CCCCC1)OC(=O)c1ccc(N)cc1.Cl. The van der Waals surface area contributed by atoms with Gasteiger partial charge >= 0.3 is 5.97 Å². The molecule has 1 saturated carbocycles. The molecular formula is C17H27ClN2O2. The number of nitrogens with one attached hydrogen (secondary N) is 1. The van der Waals surface area contributed by atoms with Gasteiger partial charge in [0.2, 0.25) is 0 Å². The Balaban J connectivity index is 0.00000242. The van der Waals surface area contributed by atoms with Gasteiger partial charge in [-0.15, -0.1) is 12.4 Å². The third-order valence-electron chi connectivity index (χ3n) is 3.94. The van der Waals surface area contributed by atoms with Crippen molar-refractivity contribution < 1.29 is 9.53 Å². The first-order valence-corrected chi connectivity index (χ1v) is 7.78. The molecular weight excluding hydrogens is 300 g/mol. The molecule has 0 unspecified atom stereocenters. The fourth-order valence-electron chi connectivity index (χ4n) is 2.66.